The van der Waals surface area contributed by atoms with Crippen molar-refractivity contribution in [1.82, 2.24) is 10.6 Å². The third kappa shape index (κ3) is 7.30. The van der Waals surface area contributed by atoms with E-state index in [1.165, 1.54) is 6.92 Å². The molecule has 0 aromatic rings. The van der Waals surface area contributed by atoms with E-state index in [1.54, 1.807) is 20.8 Å². The molecule has 8 nitrogen and oxygen atoms in total. The summed E-state index contributed by atoms with van der Waals surface area (Å²) in [4.78, 5) is 35.0. The van der Waals surface area contributed by atoms with Crippen LogP contribution in [0.25, 0.3) is 0 Å². The largest absolute Gasteiger partial charge is 0.481 e. The summed E-state index contributed by atoms with van der Waals surface area (Å²) in [5, 5.41) is 25.8. The van der Waals surface area contributed by atoms with Crippen LogP contribution in [0, 0.1) is 11.3 Å². The average Bonchev–Trinajstić information content (AvgIpc) is 2.84. The Balaban J connectivity index is 2.70. The van der Waals surface area contributed by atoms with Crippen LogP contribution in [-0.2, 0) is 14.3 Å². The van der Waals surface area contributed by atoms with E-state index < -0.39 is 35.2 Å². The number of nitrogens with one attached hydrogen (secondary N) is 2. The quantitative estimate of drug-likeness (QED) is 0.471. The van der Waals surface area contributed by atoms with Crippen molar-refractivity contribution >= 4 is 18.0 Å². The van der Waals surface area contributed by atoms with E-state index in [2.05, 4.69) is 10.6 Å². The fourth-order valence-electron chi connectivity index (χ4n) is 3.81. The van der Waals surface area contributed by atoms with Gasteiger partial charge in [-0.2, -0.15) is 0 Å². The maximum absolute atomic E-state index is 12.0. The standard InChI is InChI=1S/C20H36N2O6/c1-6-14(8-10-21-13(2)23)7-9-20(17(25)26)12-15(11-16(20)24)22-18(27)28-19(3,4)5/h14-16,24H,6-12H2,1-5H3,(H,21,23)(H,22,27)(H,25,26). The molecule has 1 rings (SSSR count). The summed E-state index contributed by atoms with van der Waals surface area (Å²) in [6.45, 7) is 9.31. The molecule has 162 valence electrons. The van der Waals surface area contributed by atoms with Crippen LogP contribution in [0.4, 0.5) is 4.79 Å². The zero-order valence-electron chi connectivity index (χ0n) is 17.7. The molecule has 0 radical (unpaired) electrons. The number of aliphatic hydroxyl groups is 1. The minimum Gasteiger partial charge on any atom is -0.481 e. The summed E-state index contributed by atoms with van der Waals surface area (Å²) in [6.07, 6.45) is 1.32. The van der Waals surface area contributed by atoms with Crippen molar-refractivity contribution in [1.29, 1.82) is 0 Å². The number of ether oxygens (including phenoxy) is 1. The lowest BCUT2D eigenvalue weighted by Gasteiger charge is -2.30. The number of alkyl carbamates (subject to hydrolysis) is 1. The molecule has 0 spiro atoms. The first-order valence-electron chi connectivity index (χ1n) is 10.0. The van der Waals surface area contributed by atoms with Gasteiger partial charge in [0, 0.05) is 19.5 Å². The Bertz CT molecular complexity index is 559. The monoisotopic (exact) mass is 400 g/mol. The van der Waals surface area contributed by atoms with E-state index in [0.29, 0.717) is 19.4 Å². The second kappa shape index (κ2) is 10.1. The molecule has 0 saturated heterocycles. The van der Waals surface area contributed by atoms with Gasteiger partial charge in [-0.05, 0) is 58.8 Å². The topological polar surface area (TPSA) is 125 Å². The molecule has 4 atom stereocenters. The number of carboxylic acids is 1. The minimum absolute atomic E-state index is 0.0841. The second-order valence-corrected chi connectivity index (χ2v) is 8.84. The number of rotatable bonds is 9. The van der Waals surface area contributed by atoms with Crippen LogP contribution in [0.3, 0.4) is 0 Å². The number of amides is 2. The molecule has 1 fully saturated rings. The first kappa shape index (κ1) is 24.2. The van der Waals surface area contributed by atoms with Crippen LogP contribution in [0.1, 0.15) is 73.1 Å². The van der Waals surface area contributed by atoms with Crippen molar-refractivity contribution in [3.8, 4) is 0 Å². The molecule has 1 aliphatic rings. The summed E-state index contributed by atoms with van der Waals surface area (Å²) in [6, 6.07) is -0.444. The van der Waals surface area contributed by atoms with Gasteiger partial charge in [0.15, 0.2) is 0 Å². The van der Waals surface area contributed by atoms with Gasteiger partial charge in [-0.1, -0.05) is 13.3 Å². The Morgan fingerprint density at radius 2 is 1.89 bits per heavy atom. The Morgan fingerprint density at radius 1 is 1.25 bits per heavy atom. The Kier molecular flexibility index (Phi) is 8.73. The summed E-state index contributed by atoms with van der Waals surface area (Å²) < 4.78 is 5.23. The van der Waals surface area contributed by atoms with Crippen LogP contribution < -0.4 is 10.6 Å². The number of carboxylic acid groups (broad SMARTS) is 1. The molecule has 4 unspecified atom stereocenters. The fourth-order valence-corrected chi connectivity index (χ4v) is 3.81. The molecule has 0 aromatic heterocycles. The highest BCUT2D eigenvalue weighted by molar-refractivity contribution is 5.76. The van der Waals surface area contributed by atoms with Gasteiger partial charge in [-0.3, -0.25) is 9.59 Å². The zero-order chi connectivity index (χ0) is 21.5. The molecule has 1 aliphatic carbocycles. The Labute approximate surface area is 167 Å². The molecule has 28 heavy (non-hydrogen) atoms. The summed E-state index contributed by atoms with van der Waals surface area (Å²) >= 11 is 0. The molecule has 8 heteroatoms. The van der Waals surface area contributed by atoms with Gasteiger partial charge in [-0.25, -0.2) is 4.79 Å². The third-order valence-corrected chi connectivity index (χ3v) is 5.41. The highest BCUT2D eigenvalue weighted by Crippen LogP contribution is 2.44. The number of hydrogen-bond donors (Lipinski definition) is 4. The Hall–Kier alpha value is -1.83. The van der Waals surface area contributed by atoms with Gasteiger partial charge >= 0.3 is 12.1 Å². The number of hydrogen-bond acceptors (Lipinski definition) is 5. The summed E-state index contributed by atoms with van der Waals surface area (Å²) in [5.41, 5.74) is -1.92. The first-order chi connectivity index (χ1) is 12.9. The fraction of sp³-hybridized carbons (Fsp3) is 0.850. The van der Waals surface area contributed by atoms with E-state index in [-0.39, 0.29) is 24.7 Å². The molecular weight excluding hydrogens is 364 g/mol. The zero-order valence-corrected chi connectivity index (χ0v) is 17.7. The first-order valence-corrected chi connectivity index (χ1v) is 10.0. The molecule has 4 N–H and O–H groups in total. The van der Waals surface area contributed by atoms with Gasteiger partial charge < -0.3 is 25.6 Å². The van der Waals surface area contributed by atoms with Crippen molar-refractivity contribution in [3.63, 3.8) is 0 Å². The van der Waals surface area contributed by atoms with E-state index in [9.17, 15) is 24.6 Å². The SMILES string of the molecule is CCC(CCNC(C)=O)CCC1(C(=O)O)CC(NC(=O)OC(C)(C)C)CC1O. The third-order valence-electron chi connectivity index (χ3n) is 5.41. The van der Waals surface area contributed by atoms with Crippen molar-refractivity contribution < 1.29 is 29.3 Å². The number of carbonyl (C=O) groups excluding carboxylic acids is 2. The van der Waals surface area contributed by atoms with E-state index >= 15 is 0 Å². The maximum Gasteiger partial charge on any atom is 0.407 e. The van der Waals surface area contributed by atoms with Crippen LogP contribution in [0.2, 0.25) is 0 Å². The molecule has 0 bridgehead atoms. The molecule has 0 heterocycles. The van der Waals surface area contributed by atoms with Gasteiger partial charge in [0.1, 0.15) is 5.60 Å². The van der Waals surface area contributed by atoms with Crippen molar-refractivity contribution in [2.45, 2.75) is 90.9 Å². The van der Waals surface area contributed by atoms with Gasteiger partial charge in [0.2, 0.25) is 5.91 Å². The molecule has 0 aromatic carbocycles. The van der Waals surface area contributed by atoms with E-state index in [0.717, 1.165) is 12.8 Å². The highest BCUT2D eigenvalue weighted by Gasteiger charge is 2.52. The number of aliphatic hydroxyl groups excluding tert-OH is 1. The molecule has 2 amide bonds. The van der Waals surface area contributed by atoms with Crippen LogP contribution in [0.5, 0.6) is 0 Å². The van der Waals surface area contributed by atoms with E-state index in [4.69, 9.17) is 4.74 Å². The van der Waals surface area contributed by atoms with Crippen molar-refractivity contribution in [3.05, 3.63) is 0 Å². The lowest BCUT2D eigenvalue weighted by atomic mass is 9.77. The minimum atomic E-state index is -1.28. The molecule has 1 saturated carbocycles. The summed E-state index contributed by atoms with van der Waals surface area (Å²) in [7, 11) is 0. The summed E-state index contributed by atoms with van der Waals surface area (Å²) in [5.74, 6) is -0.863. The predicted octanol–water partition coefficient (Wildman–Crippen LogP) is 2.44. The number of aliphatic carboxylic acids is 1. The van der Waals surface area contributed by atoms with Gasteiger partial charge in [0.25, 0.3) is 0 Å². The van der Waals surface area contributed by atoms with Gasteiger partial charge in [0.05, 0.1) is 11.5 Å². The second-order valence-electron chi connectivity index (χ2n) is 8.84. The van der Waals surface area contributed by atoms with Crippen LogP contribution >= 0.6 is 0 Å². The van der Waals surface area contributed by atoms with Crippen LogP contribution in [0.15, 0.2) is 0 Å². The normalized spacial score (nSPS) is 25.8. The molecular formula is C20H36N2O6. The van der Waals surface area contributed by atoms with Crippen molar-refractivity contribution in [2.24, 2.45) is 11.3 Å². The average molecular weight is 401 g/mol. The molecule has 0 aliphatic heterocycles. The lowest BCUT2D eigenvalue weighted by molar-refractivity contribution is -0.155. The smallest absolute Gasteiger partial charge is 0.407 e. The number of carbonyl (C=O) groups is 3. The Morgan fingerprint density at radius 3 is 2.39 bits per heavy atom. The van der Waals surface area contributed by atoms with E-state index in [1.807, 2.05) is 6.92 Å². The van der Waals surface area contributed by atoms with Gasteiger partial charge in [-0.15, -0.1) is 0 Å². The van der Waals surface area contributed by atoms with Crippen molar-refractivity contribution in [2.75, 3.05) is 6.54 Å². The highest BCUT2D eigenvalue weighted by atomic mass is 16.6. The lowest BCUT2D eigenvalue weighted by Crippen LogP contribution is -2.40. The predicted molar refractivity (Wildman–Crippen MR) is 105 cm³/mol. The maximum atomic E-state index is 12.0. The van der Waals surface area contributed by atoms with Crippen LogP contribution in [-0.4, -0.2) is 52.5 Å².